The predicted octanol–water partition coefficient (Wildman–Crippen LogP) is 3.03. The van der Waals surface area contributed by atoms with Gasteiger partial charge in [0.2, 0.25) is 5.67 Å². The zero-order valence-electron chi connectivity index (χ0n) is 23.1. The van der Waals surface area contributed by atoms with Crippen LogP contribution in [0.15, 0.2) is 36.7 Å². The number of para-hydroxylation sites is 1. The van der Waals surface area contributed by atoms with Crippen molar-refractivity contribution in [3.8, 4) is 18.1 Å². The van der Waals surface area contributed by atoms with Crippen molar-refractivity contribution in [1.29, 1.82) is 0 Å². The van der Waals surface area contributed by atoms with Gasteiger partial charge in [0.25, 0.3) is 0 Å². The van der Waals surface area contributed by atoms with Crippen LogP contribution >= 0.6 is 6.64 Å². The molecule has 3 heterocycles. The van der Waals surface area contributed by atoms with Crippen LogP contribution < -0.4 is 14.9 Å². The summed E-state index contributed by atoms with van der Waals surface area (Å²) in [7, 11) is 1.67. The third kappa shape index (κ3) is 6.51. The van der Waals surface area contributed by atoms with Crippen LogP contribution in [0, 0.1) is 19.3 Å². The van der Waals surface area contributed by atoms with Crippen LogP contribution in [-0.2, 0) is 30.6 Å². The monoisotopic (exact) mass is 606 g/mol. The summed E-state index contributed by atoms with van der Waals surface area (Å²) in [5, 5.41) is 16.8. The highest BCUT2D eigenvalue weighted by Crippen LogP contribution is 2.48. The molecule has 0 aliphatic carbocycles. The molecule has 15 heteroatoms. The number of hydrogen-bond acceptors (Lipinski definition) is 11. The molecule has 41 heavy (non-hydrogen) atoms. The number of ether oxygens (including phenoxy) is 2. The van der Waals surface area contributed by atoms with Crippen molar-refractivity contribution < 1.29 is 32.8 Å². The minimum atomic E-state index is -3.49. The maximum absolute atomic E-state index is 16.2. The number of aromatic nitrogens is 4. The number of nitrogens with one attached hydrogen (secondary N) is 2. The Morgan fingerprint density at radius 2 is 2.05 bits per heavy atom. The lowest BCUT2D eigenvalue weighted by Crippen LogP contribution is -2.42. The van der Waals surface area contributed by atoms with Gasteiger partial charge in [-0.2, -0.15) is 0 Å². The highest BCUT2D eigenvalue weighted by atomic mass is 32.5. The van der Waals surface area contributed by atoms with Gasteiger partial charge in [-0.25, -0.2) is 24.4 Å². The number of fused-ring (bicyclic) bond motifs is 1. The first-order chi connectivity index (χ1) is 19.4. The van der Waals surface area contributed by atoms with Gasteiger partial charge in [0.05, 0.1) is 19.0 Å². The molecule has 1 aromatic carbocycles. The topological polar surface area (TPSA) is 142 Å². The predicted molar refractivity (Wildman–Crippen MR) is 153 cm³/mol. The second-order valence-electron chi connectivity index (χ2n) is 9.61. The molecule has 1 saturated heterocycles. The third-order valence-corrected chi connectivity index (χ3v) is 8.62. The maximum atomic E-state index is 16.2. The molecule has 12 nitrogen and oxygen atoms in total. The lowest BCUT2D eigenvalue weighted by molar-refractivity contribution is -0.149. The largest absolute Gasteiger partial charge is 0.462 e. The molecule has 1 aliphatic heterocycles. The van der Waals surface area contributed by atoms with Gasteiger partial charge in [-0.05, 0) is 51.6 Å². The molecule has 4 rings (SSSR count). The molecule has 1 fully saturated rings. The normalized spacial score (nSPS) is 24.5. The fraction of sp³-hybridized carbons (Fsp3) is 0.462. The van der Waals surface area contributed by atoms with E-state index in [-0.39, 0.29) is 11.8 Å². The van der Waals surface area contributed by atoms with Gasteiger partial charge < -0.3 is 28.9 Å². The molecule has 0 spiro atoms. The van der Waals surface area contributed by atoms with Gasteiger partial charge in [0, 0.05) is 7.05 Å². The zero-order valence-corrected chi connectivity index (χ0v) is 24.9. The molecule has 0 amide bonds. The van der Waals surface area contributed by atoms with Crippen molar-refractivity contribution in [2.75, 3.05) is 19.0 Å². The highest BCUT2D eigenvalue weighted by Gasteiger charge is 2.58. The van der Waals surface area contributed by atoms with E-state index in [1.807, 2.05) is 5.92 Å². The van der Waals surface area contributed by atoms with E-state index in [0.29, 0.717) is 22.9 Å². The molecule has 0 bridgehead atoms. The fourth-order valence-electron chi connectivity index (χ4n) is 4.19. The number of rotatable bonds is 11. The molecule has 220 valence electrons. The molecule has 0 unspecified atom stereocenters. The average Bonchev–Trinajstić information content (AvgIpc) is 3.45. The number of benzene rings is 1. The summed E-state index contributed by atoms with van der Waals surface area (Å²) in [5.41, 5.74) is -2.05. The maximum Gasteiger partial charge on any atom is 0.323 e. The van der Waals surface area contributed by atoms with Crippen LogP contribution in [0.3, 0.4) is 0 Å². The Morgan fingerprint density at radius 3 is 2.68 bits per heavy atom. The van der Waals surface area contributed by atoms with E-state index in [1.54, 1.807) is 65.1 Å². The minimum Gasteiger partial charge on any atom is -0.462 e. The second kappa shape index (κ2) is 12.4. The lowest BCUT2D eigenvalue weighted by Gasteiger charge is -2.28. The molecule has 0 saturated carbocycles. The molecule has 3 aromatic rings. The second-order valence-corrected chi connectivity index (χ2v) is 12.7. The smallest absolute Gasteiger partial charge is 0.323 e. The number of nitrogens with zero attached hydrogens (tertiary/aromatic N) is 4. The molecule has 1 aliphatic rings. The number of alkyl halides is 1. The van der Waals surface area contributed by atoms with E-state index in [9.17, 15) is 9.90 Å². The Kier molecular flexibility index (Phi) is 9.28. The SMILES string of the molecule is C#C[C@@]1(F)[C@H](O)[C@@H](CO[P@@](=S)(N[C@H](C)C(=O)OC(C)C)Oc2ccccc2)O[C@H]1n1cnc2c(NC)nc(C)nc21. The van der Waals surface area contributed by atoms with Crippen LogP contribution in [0.5, 0.6) is 5.75 Å². The first kappa shape index (κ1) is 30.8. The number of terminal acetylenes is 1. The number of esters is 1. The Bertz CT molecular complexity index is 1490. The number of carbonyl (C=O) groups is 1. The molecule has 2 aromatic heterocycles. The number of aliphatic hydroxyl groups is 1. The Labute approximate surface area is 242 Å². The van der Waals surface area contributed by atoms with Crippen LogP contribution in [0.1, 0.15) is 32.8 Å². The fourth-order valence-corrected chi connectivity index (χ4v) is 6.61. The quantitative estimate of drug-likeness (QED) is 0.168. The minimum absolute atomic E-state index is 0.259. The Balaban J connectivity index is 1.60. The first-order valence-corrected chi connectivity index (χ1v) is 15.4. The summed E-state index contributed by atoms with van der Waals surface area (Å²) >= 11 is 5.70. The van der Waals surface area contributed by atoms with E-state index in [0.717, 1.165) is 0 Å². The summed E-state index contributed by atoms with van der Waals surface area (Å²) in [6.07, 6.45) is 1.97. The number of halogens is 1. The number of aliphatic hydroxyl groups excluding tert-OH is 1. The van der Waals surface area contributed by atoms with Crippen molar-refractivity contribution in [2.24, 2.45) is 0 Å². The van der Waals surface area contributed by atoms with Gasteiger partial charge >= 0.3 is 12.6 Å². The number of carbonyl (C=O) groups excluding carboxylic acids is 1. The van der Waals surface area contributed by atoms with Crippen molar-refractivity contribution in [3.63, 3.8) is 0 Å². The van der Waals surface area contributed by atoms with Gasteiger partial charge in [-0.15, -0.1) is 6.42 Å². The van der Waals surface area contributed by atoms with Crippen LogP contribution in [-0.4, -0.2) is 74.3 Å². The van der Waals surface area contributed by atoms with Gasteiger partial charge in [0.1, 0.15) is 29.8 Å². The van der Waals surface area contributed by atoms with Gasteiger partial charge in [-0.3, -0.25) is 9.36 Å². The van der Waals surface area contributed by atoms with Gasteiger partial charge in [-0.1, -0.05) is 24.1 Å². The van der Waals surface area contributed by atoms with E-state index >= 15 is 4.39 Å². The summed E-state index contributed by atoms with van der Waals surface area (Å²) < 4.78 is 40.7. The lowest BCUT2D eigenvalue weighted by atomic mass is 9.97. The van der Waals surface area contributed by atoms with E-state index in [2.05, 4.69) is 25.4 Å². The average molecular weight is 607 g/mol. The summed E-state index contributed by atoms with van der Waals surface area (Å²) in [6.45, 7) is 2.76. The molecular formula is C26H32FN6O6PS. The van der Waals surface area contributed by atoms with E-state index < -0.39 is 49.4 Å². The number of anilines is 1. The molecule has 0 radical (unpaired) electrons. The number of aryl methyl sites for hydroxylation is 1. The first-order valence-electron chi connectivity index (χ1n) is 12.8. The van der Waals surface area contributed by atoms with Gasteiger partial charge in [0.15, 0.2) is 23.2 Å². The molecule has 6 atom stereocenters. The number of imidazole rings is 1. The Morgan fingerprint density at radius 1 is 1.34 bits per heavy atom. The number of hydrogen-bond donors (Lipinski definition) is 3. The Hall–Kier alpha value is -3.18. The molecular weight excluding hydrogens is 574 g/mol. The molecule has 3 N–H and O–H groups in total. The summed E-state index contributed by atoms with van der Waals surface area (Å²) in [5.74, 6) is 2.69. The highest BCUT2D eigenvalue weighted by molar-refractivity contribution is 8.09. The van der Waals surface area contributed by atoms with Crippen molar-refractivity contribution in [1.82, 2.24) is 24.6 Å². The summed E-state index contributed by atoms with van der Waals surface area (Å²) in [6, 6.07) is 7.70. The van der Waals surface area contributed by atoms with Crippen LogP contribution in [0.25, 0.3) is 11.2 Å². The zero-order chi connectivity index (χ0) is 29.9. The van der Waals surface area contributed by atoms with Crippen molar-refractivity contribution >= 4 is 41.4 Å². The van der Waals surface area contributed by atoms with Crippen molar-refractivity contribution in [3.05, 3.63) is 42.5 Å². The van der Waals surface area contributed by atoms with E-state index in [1.165, 1.54) is 10.9 Å². The van der Waals surface area contributed by atoms with E-state index in [4.69, 9.17) is 36.8 Å². The van der Waals surface area contributed by atoms with Crippen LogP contribution in [0.4, 0.5) is 10.2 Å². The van der Waals surface area contributed by atoms with Crippen molar-refractivity contribution in [2.45, 2.75) is 63.9 Å². The summed E-state index contributed by atoms with van der Waals surface area (Å²) in [4.78, 5) is 25.4. The standard InChI is InChI=1S/C26H32FN6O6PS/c1-7-26(27)21(34)19(38-25(26)33-14-29-20-22(28-6)30-17(5)31-23(20)33)13-36-40(41,39-18-11-9-8-10-12-18)32-16(4)24(35)37-15(2)3/h1,8-12,14-16,19,21,25,34H,13H2,2-6H3,(H,32,41)(H,28,30,31)/t16-,19-,21-,25-,26-,40+/m1/s1. The third-order valence-electron chi connectivity index (χ3n) is 6.12. The van der Waals surface area contributed by atoms with Crippen LogP contribution in [0.2, 0.25) is 0 Å².